The first kappa shape index (κ1) is 14.2. The van der Waals surface area contributed by atoms with Crippen molar-refractivity contribution < 1.29 is 14.6 Å². The predicted molar refractivity (Wildman–Crippen MR) is 81.3 cm³/mol. The molecule has 0 spiro atoms. The second kappa shape index (κ2) is 5.56. The van der Waals surface area contributed by atoms with Crippen LogP contribution in [0.25, 0.3) is 0 Å². The number of hydrogen-bond acceptors (Lipinski definition) is 5. The van der Waals surface area contributed by atoms with Gasteiger partial charge in [-0.3, -0.25) is 0 Å². The highest BCUT2D eigenvalue weighted by Gasteiger charge is 2.41. The zero-order valence-corrected chi connectivity index (χ0v) is 12.3. The molecule has 21 heavy (non-hydrogen) atoms. The molecule has 0 aliphatic carbocycles. The highest BCUT2D eigenvalue weighted by molar-refractivity contribution is 5.98. The largest absolute Gasteiger partial charge is 0.462 e. The number of nitrogens with two attached hydrogens (primary N) is 1. The van der Waals surface area contributed by atoms with E-state index >= 15 is 0 Å². The Bertz CT molecular complexity index is 532. The lowest BCUT2D eigenvalue weighted by molar-refractivity contribution is 0.0527. The fourth-order valence-electron chi connectivity index (χ4n) is 3.71. The van der Waals surface area contributed by atoms with Crippen LogP contribution in [-0.2, 0) is 4.74 Å². The van der Waals surface area contributed by atoms with Crippen LogP contribution in [0.3, 0.4) is 0 Å². The Kier molecular flexibility index (Phi) is 3.76. The van der Waals surface area contributed by atoms with Crippen molar-refractivity contribution in [2.75, 3.05) is 17.2 Å². The van der Waals surface area contributed by atoms with Gasteiger partial charge in [0.25, 0.3) is 0 Å². The van der Waals surface area contributed by atoms with Crippen molar-refractivity contribution in [3.8, 4) is 0 Å². The highest BCUT2D eigenvalue weighted by atomic mass is 16.5. The van der Waals surface area contributed by atoms with E-state index in [0.717, 1.165) is 31.4 Å². The van der Waals surface area contributed by atoms with Gasteiger partial charge in [0.1, 0.15) is 0 Å². The summed E-state index contributed by atoms with van der Waals surface area (Å²) < 4.78 is 5.06. The number of hydrogen-bond donors (Lipinski definition) is 2. The number of carbonyl (C=O) groups excluding carboxylic acids is 1. The average Bonchev–Trinajstić information content (AvgIpc) is 2.71. The lowest BCUT2D eigenvalue weighted by atomic mass is 9.98. The highest BCUT2D eigenvalue weighted by Crippen LogP contribution is 2.42. The van der Waals surface area contributed by atoms with Crippen LogP contribution < -0.4 is 10.6 Å². The van der Waals surface area contributed by atoms with E-state index in [1.807, 2.05) is 12.1 Å². The van der Waals surface area contributed by atoms with Crippen LogP contribution in [0.2, 0.25) is 0 Å². The molecular weight excluding hydrogens is 268 g/mol. The minimum atomic E-state index is -0.374. The lowest BCUT2D eigenvalue weighted by Gasteiger charge is -2.39. The summed E-state index contributed by atoms with van der Waals surface area (Å²) in [4.78, 5) is 14.3. The fraction of sp³-hybridized carbons (Fsp3) is 0.562. The van der Waals surface area contributed by atoms with E-state index in [1.165, 1.54) is 0 Å². The molecule has 2 fully saturated rings. The summed E-state index contributed by atoms with van der Waals surface area (Å²) >= 11 is 0. The molecule has 0 saturated carbocycles. The molecule has 2 heterocycles. The molecule has 2 bridgehead atoms. The van der Waals surface area contributed by atoms with E-state index in [-0.39, 0.29) is 12.1 Å². The van der Waals surface area contributed by atoms with Gasteiger partial charge < -0.3 is 20.5 Å². The number of aliphatic hydroxyl groups excluding tert-OH is 1. The summed E-state index contributed by atoms with van der Waals surface area (Å²) in [6.45, 7) is 2.12. The van der Waals surface area contributed by atoms with Gasteiger partial charge >= 0.3 is 5.97 Å². The Morgan fingerprint density at radius 3 is 2.67 bits per heavy atom. The van der Waals surface area contributed by atoms with Gasteiger partial charge in [-0.25, -0.2) is 4.79 Å². The molecule has 2 saturated heterocycles. The van der Waals surface area contributed by atoms with Crippen LogP contribution in [0.4, 0.5) is 11.4 Å². The van der Waals surface area contributed by atoms with E-state index in [0.29, 0.717) is 29.9 Å². The first-order chi connectivity index (χ1) is 10.1. The first-order valence-corrected chi connectivity index (χ1v) is 7.63. The maximum Gasteiger partial charge on any atom is 0.340 e. The molecule has 2 unspecified atom stereocenters. The third-order valence-corrected chi connectivity index (χ3v) is 4.56. The number of rotatable bonds is 3. The van der Waals surface area contributed by atoms with Gasteiger partial charge in [0.05, 0.1) is 29.6 Å². The smallest absolute Gasteiger partial charge is 0.340 e. The molecule has 0 amide bonds. The van der Waals surface area contributed by atoms with Crippen LogP contribution in [-0.4, -0.2) is 35.9 Å². The number of aliphatic hydroxyl groups is 1. The maximum atomic E-state index is 12.0. The Balaban J connectivity index is 1.93. The summed E-state index contributed by atoms with van der Waals surface area (Å²) in [5.74, 6) is -0.374. The lowest BCUT2D eigenvalue weighted by Crippen LogP contribution is -2.45. The van der Waals surface area contributed by atoms with Crippen LogP contribution in [0.15, 0.2) is 18.2 Å². The van der Waals surface area contributed by atoms with E-state index in [4.69, 9.17) is 10.5 Å². The van der Waals surface area contributed by atoms with Gasteiger partial charge in [-0.05, 0) is 44.7 Å². The number of ether oxygens (including phenoxy) is 1. The van der Waals surface area contributed by atoms with Crippen LogP contribution >= 0.6 is 0 Å². The van der Waals surface area contributed by atoms with E-state index in [9.17, 15) is 9.90 Å². The Morgan fingerprint density at radius 1 is 1.38 bits per heavy atom. The van der Waals surface area contributed by atoms with Crippen LogP contribution in [0.5, 0.6) is 0 Å². The molecule has 1 aromatic carbocycles. The third-order valence-electron chi connectivity index (χ3n) is 4.56. The predicted octanol–water partition coefficient (Wildman–Crippen LogP) is 1.94. The van der Waals surface area contributed by atoms with Crippen molar-refractivity contribution in [3.63, 3.8) is 0 Å². The third kappa shape index (κ3) is 2.46. The molecule has 2 aliphatic rings. The summed E-state index contributed by atoms with van der Waals surface area (Å²) in [6, 6.07) is 6.15. The van der Waals surface area contributed by atoms with Crippen molar-refractivity contribution >= 4 is 17.3 Å². The molecule has 114 valence electrons. The molecule has 2 atom stereocenters. The van der Waals surface area contributed by atoms with Crippen molar-refractivity contribution in [2.24, 2.45) is 0 Å². The normalized spacial score (nSPS) is 27.7. The fourth-order valence-corrected chi connectivity index (χ4v) is 3.71. The minimum absolute atomic E-state index is 0.215. The summed E-state index contributed by atoms with van der Waals surface area (Å²) in [6.07, 6.45) is 3.49. The van der Waals surface area contributed by atoms with E-state index in [1.54, 1.807) is 13.0 Å². The van der Waals surface area contributed by atoms with Gasteiger partial charge in [-0.2, -0.15) is 0 Å². The van der Waals surface area contributed by atoms with Gasteiger partial charge in [-0.1, -0.05) is 6.07 Å². The standard InChI is InChI=1S/C16H22N2O3/c1-2-21-16(20)13-4-3-5-14(15(13)17)18-10-6-7-11(18)9-12(19)8-10/h3-5,10-12,19H,2,6-9,17H2,1H3. The molecule has 3 N–H and O–H groups in total. The van der Waals surface area contributed by atoms with Gasteiger partial charge in [-0.15, -0.1) is 0 Å². The summed E-state index contributed by atoms with van der Waals surface area (Å²) in [5, 5.41) is 9.90. The van der Waals surface area contributed by atoms with Crippen molar-refractivity contribution in [1.29, 1.82) is 0 Å². The number of esters is 1. The number of fused-ring (bicyclic) bond motifs is 2. The average molecular weight is 290 g/mol. The molecule has 0 radical (unpaired) electrons. The number of carbonyl (C=O) groups is 1. The number of anilines is 2. The molecule has 5 heteroatoms. The van der Waals surface area contributed by atoms with E-state index < -0.39 is 0 Å². The monoisotopic (exact) mass is 290 g/mol. The van der Waals surface area contributed by atoms with Crippen LogP contribution in [0.1, 0.15) is 43.0 Å². The van der Waals surface area contributed by atoms with Crippen molar-refractivity contribution in [2.45, 2.75) is 50.8 Å². The molecular formula is C16H22N2O3. The second-order valence-electron chi connectivity index (χ2n) is 5.88. The number of piperidine rings is 1. The number of benzene rings is 1. The SMILES string of the molecule is CCOC(=O)c1cccc(N2C3CCC2CC(O)C3)c1N. The summed E-state index contributed by atoms with van der Waals surface area (Å²) in [5.41, 5.74) is 8.05. The first-order valence-electron chi connectivity index (χ1n) is 7.63. The maximum absolute atomic E-state index is 12.0. The second-order valence-corrected chi connectivity index (χ2v) is 5.88. The van der Waals surface area contributed by atoms with Crippen molar-refractivity contribution in [1.82, 2.24) is 0 Å². The topological polar surface area (TPSA) is 75.8 Å². The Morgan fingerprint density at radius 2 is 2.05 bits per heavy atom. The number of nitrogen functional groups attached to an aromatic ring is 1. The van der Waals surface area contributed by atoms with E-state index in [2.05, 4.69) is 4.90 Å². The quantitative estimate of drug-likeness (QED) is 0.657. The van der Waals surface area contributed by atoms with Gasteiger partial charge in [0.2, 0.25) is 0 Å². The number of nitrogens with zero attached hydrogens (tertiary/aromatic N) is 1. The molecule has 3 rings (SSSR count). The van der Waals surface area contributed by atoms with Crippen LogP contribution in [0, 0.1) is 0 Å². The summed E-state index contributed by atoms with van der Waals surface area (Å²) in [7, 11) is 0. The van der Waals surface area contributed by atoms with Gasteiger partial charge in [0.15, 0.2) is 0 Å². The minimum Gasteiger partial charge on any atom is -0.462 e. The zero-order valence-electron chi connectivity index (χ0n) is 12.3. The number of para-hydroxylation sites is 1. The van der Waals surface area contributed by atoms with Gasteiger partial charge in [0, 0.05) is 12.1 Å². The molecule has 1 aromatic rings. The molecule has 5 nitrogen and oxygen atoms in total. The molecule has 0 aromatic heterocycles. The van der Waals surface area contributed by atoms with Crippen molar-refractivity contribution in [3.05, 3.63) is 23.8 Å². The Hall–Kier alpha value is -1.75. The zero-order chi connectivity index (χ0) is 15.0. The Labute approximate surface area is 124 Å². The molecule has 2 aliphatic heterocycles.